The van der Waals surface area contributed by atoms with Crippen molar-refractivity contribution in [2.45, 2.75) is 64.6 Å². The molecule has 0 spiro atoms. The Morgan fingerprint density at radius 1 is 1.33 bits per heavy atom. The van der Waals surface area contributed by atoms with Crippen molar-refractivity contribution in [2.75, 3.05) is 18.1 Å². The number of aliphatic hydroxyl groups is 1. The number of anilines is 1. The number of rotatable bonds is 4. The molecule has 4 nitrogen and oxygen atoms in total. The van der Waals surface area contributed by atoms with Crippen LogP contribution in [0.5, 0.6) is 0 Å². The molecule has 0 aromatic carbocycles. The van der Waals surface area contributed by atoms with E-state index in [4.69, 9.17) is 0 Å². The number of aliphatic hydroxyl groups excluding tert-OH is 1. The van der Waals surface area contributed by atoms with Crippen molar-refractivity contribution < 1.29 is 5.11 Å². The van der Waals surface area contributed by atoms with E-state index in [1.807, 2.05) is 12.3 Å². The molecular formula is C17H29N3O. The Morgan fingerprint density at radius 2 is 2.14 bits per heavy atom. The lowest BCUT2D eigenvalue weighted by atomic mass is 10.1. The van der Waals surface area contributed by atoms with Gasteiger partial charge in [0, 0.05) is 30.4 Å². The summed E-state index contributed by atoms with van der Waals surface area (Å²) in [6, 6.07) is 4.34. The second kappa shape index (κ2) is 7.23. The molecule has 1 atom stereocenters. The Hall–Kier alpha value is -1.13. The highest BCUT2D eigenvalue weighted by Gasteiger charge is 2.23. The summed E-state index contributed by atoms with van der Waals surface area (Å²) in [7, 11) is 0. The third-order valence-electron chi connectivity index (χ3n) is 4.04. The smallest absolute Gasteiger partial charge is 0.133 e. The zero-order valence-electron chi connectivity index (χ0n) is 13.6. The van der Waals surface area contributed by atoms with Crippen LogP contribution in [0.3, 0.4) is 0 Å². The van der Waals surface area contributed by atoms with Crippen LogP contribution in [0.15, 0.2) is 18.3 Å². The zero-order chi connectivity index (χ0) is 15.3. The largest absolute Gasteiger partial charge is 0.394 e. The second-order valence-corrected chi connectivity index (χ2v) is 6.97. The van der Waals surface area contributed by atoms with Crippen molar-refractivity contribution in [1.82, 2.24) is 10.3 Å². The molecule has 1 saturated heterocycles. The molecule has 0 aliphatic carbocycles. The third-order valence-corrected chi connectivity index (χ3v) is 4.04. The lowest BCUT2D eigenvalue weighted by molar-refractivity contribution is 0.254. The van der Waals surface area contributed by atoms with Crippen LogP contribution < -0.4 is 10.2 Å². The van der Waals surface area contributed by atoms with Crippen LogP contribution in [-0.4, -0.2) is 34.8 Å². The predicted molar refractivity (Wildman–Crippen MR) is 87.5 cm³/mol. The first-order chi connectivity index (χ1) is 10.0. The summed E-state index contributed by atoms with van der Waals surface area (Å²) in [6.07, 6.45) is 6.53. The van der Waals surface area contributed by atoms with Gasteiger partial charge in [-0.15, -0.1) is 0 Å². The fourth-order valence-corrected chi connectivity index (χ4v) is 2.83. The van der Waals surface area contributed by atoms with E-state index >= 15 is 0 Å². The van der Waals surface area contributed by atoms with E-state index in [0.717, 1.165) is 25.3 Å². The van der Waals surface area contributed by atoms with Gasteiger partial charge in [0.25, 0.3) is 0 Å². The molecular weight excluding hydrogens is 262 g/mol. The van der Waals surface area contributed by atoms with Gasteiger partial charge in [0.05, 0.1) is 12.6 Å². The SMILES string of the molecule is CC(C)(C)NCc1cccnc1N1CCCCCC1CO. The fourth-order valence-electron chi connectivity index (χ4n) is 2.83. The summed E-state index contributed by atoms with van der Waals surface area (Å²) in [4.78, 5) is 6.93. The van der Waals surface area contributed by atoms with Crippen LogP contribution in [0.1, 0.15) is 52.0 Å². The average molecular weight is 291 g/mol. The first-order valence-electron chi connectivity index (χ1n) is 8.08. The zero-order valence-corrected chi connectivity index (χ0v) is 13.6. The van der Waals surface area contributed by atoms with Crippen LogP contribution in [0.4, 0.5) is 5.82 Å². The van der Waals surface area contributed by atoms with Gasteiger partial charge in [-0.1, -0.05) is 18.9 Å². The van der Waals surface area contributed by atoms with Crippen molar-refractivity contribution in [3.8, 4) is 0 Å². The molecule has 0 radical (unpaired) electrons. The maximum Gasteiger partial charge on any atom is 0.133 e. The minimum Gasteiger partial charge on any atom is -0.394 e. The topological polar surface area (TPSA) is 48.4 Å². The molecule has 21 heavy (non-hydrogen) atoms. The molecule has 2 heterocycles. The van der Waals surface area contributed by atoms with Crippen molar-refractivity contribution in [1.29, 1.82) is 0 Å². The van der Waals surface area contributed by atoms with Gasteiger partial charge in [0.15, 0.2) is 0 Å². The summed E-state index contributed by atoms with van der Waals surface area (Å²) in [5.74, 6) is 1.04. The van der Waals surface area contributed by atoms with Gasteiger partial charge in [-0.2, -0.15) is 0 Å². The van der Waals surface area contributed by atoms with E-state index < -0.39 is 0 Å². The van der Waals surface area contributed by atoms with Crippen LogP contribution in [-0.2, 0) is 6.54 Å². The van der Waals surface area contributed by atoms with E-state index in [2.05, 4.69) is 42.0 Å². The molecule has 0 amide bonds. The minimum atomic E-state index is 0.0856. The maximum atomic E-state index is 9.71. The molecule has 4 heteroatoms. The van der Waals surface area contributed by atoms with E-state index in [0.29, 0.717) is 0 Å². The quantitative estimate of drug-likeness (QED) is 0.895. The summed E-state index contributed by atoms with van der Waals surface area (Å²) in [5, 5.41) is 13.2. The van der Waals surface area contributed by atoms with E-state index in [1.54, 1.807) is 0 Å². The van der Waals surface area contributed by atoms with E-state index in [9.17, 15) is 5.11 Å². The Morgan fingerprint density at radius 3 is 2.86 bits per heavy atom. The normalized spacial score (nSPS) is 20.4. The predicted octanol–water partition coefficient (Wildman–Crippen LogP) is 2.71. The second-order valence-electron chi connectivity index (χ2n) is 6.97. The average Bonchev–Trinajstić information content (AvgIpc) is 2.69. The van der Waals surface area contributed by atoms with Crippen LogP contribution in [0.25, 0.3) is 0 Å². The highest BCUT2D eigenvalue weighted by molar-refractivity contribution is 5.48. The number of hydrogen-bond donors (Lipinski definition) is 2. The molecule has 1 fully saturated rings. The summed E-state index contributed by atoms with van der Waals surface area (Å²) in [5.41, 5.74) is 1.30. The highest BCUT2D eigenvalue weighted by atomic mass is 16.3. The highest BCUT2D eigenvalue weighted by Crippen LogP contribution is 2.25. The molecule has 1 unspecified atom stereocenters. The van der Waals surface area contributed by atoms with Gasteiger partial charge in [-0.3, -0.25) is 0 Å². The van der Waals surface area contributed by atoms with Crippen molar-refractivity contribution in [3.05, 3.63) is 23.9 Å². The number of nitrogens with zero attached hydrogens (tertiary/aromatic N) is 2. The standard InChI is InChI=1S/C17H29N3O/c1-17(2,3)19-12-14-8-7-10-18-16(14)20-11-6-4-5-9-15(20)13-21/h7-8,10,15,19,21H,4-6,9,11-13H2,1-3H3. The van der Waals surface area contributed by atoms with Crippen LogP contribution in [0.2, 0.25) is 0 Å². The van der Waals surface area contributed by atoms with Gasteiger partial charge in [0.2, 0.25) is 0 Å². The Labute approximate surface area is 128 Å². The van der Waals surface area contributed by atoms with Crippen molar-refractivity contribution >= 4 is 5.82 Å². The Balaban J connectivity index is 2.20. The molecule has 1 aromatic heterocycles. The third kappa shape index (κ3) is 4.68. The van der Waals surface area contributed by atoms with Gasteiger partial charge < -0.3 is 15.3 Å². The van der Waals surface area contributed by atoms with Gasteiger partial charge in [-0.05, 0) is 39.7 Å². The van der Waals surface area contributed by atoms with Crippen molar-refractivity contribution in [3.63, 3.8) is 0 Å². The van der Waals surface area contributed by atoms with Gasteiger partial charge in [-0.25, -0.2) is 4.98 Å². The lowest BCUT2D eigenvalue weighted by Crippen LogP contribution is -2.40. The Bertz CT molecular complexity index is 442. The fraction of sp³-hybridized carbons (Fsp3) is 0.706. The summed E-state index contributed by atoms with van der Waals surface area (Å²) in [6.45, 7) is 8.53. The molecule has 2 N–H and O–H groups in total. The number of nitrogens with one attached hydrogen (secondary N) is 1. The summed E-state index contributed by atoms with van der Waals surface area (Å²) >= 11 is 0. The van der Waals surface area contributed by atoms with Crippen LogP contribution >= 0.6 is 0 Å². The van der Waals surface area contributed by atoms with E-state index in [-0.39, 0.29) is 18.2 Å². The maximum absolute atomic E-state index is 9.71. The molecule has 1 aliphatic heterocycles. The molecule has 2 rings (SSSR count). The van der Waals surface area contributed by atoms with Gasteiger partial charge in [0.1, 0.15) is 5.82 Å². The monoisotopic (exact) mass is 291 g/mol. The molecule has 0 saturated carbocycles. The molecule has 118 valence electrons. The molecule has 1 aliphatic rings. The number of aromatic nitrogens is 1. The van der Waals surface area contributed by atoms with E-state index in [1.165, 1.54) is 24.8 Å². The Kier molecular flexibility index (Phi) is 5.59. The first kappa shape index (κ1) is 16.2. The molecule has 0 bridgehead atoms. The lowest BCUT2D eigenvalue weighted by Gasteiger charge is -2.32. The summed E-state index contributed by atoms with van der Waals surface area (Å²) < 4.78 is 0. The number of hydrogen-bond acceptors (Lipinski definition) is 4. The van der Waals surface area contributed by atoms with Crippen molar-refractivity contribution in [2.24, 2.45) is 0 Å². The number of pyridine rings is 1. The molecule has 1 aromatic rings. The van der Waals surface area contributed by atoms with Crippen LogP contribution in [0, 0.1) is 0 Å². The van der Waals surface area contributed by atoms with Gasteiger partial charge >= 0.3 is 0 Å². The first-order valence-corrected chi connectivity index (χ1v) is 8.08. The minimum absolute atomic E-state index is 0.0856.